The Kier molecular flexibility index (Phi) is 5.25. The van der Waals surface area contributed by atoms with E-state index in [-0.39, 0.29) is 17.2 Å². The zero-order valence-corrected chi connectivity index (χ0v) is 15.6. The first-order valence-corrected chi connectivity index (χ1v) is 9.33. The maximum Gasteiger partial charge on any atom is 0.239 e. The molecule has 3 rings (SSSR count). The van der Waals surface area contributed by atoms with E-state index >= 15 is 0 Å². The molecule has 2 amide bonds. The molecule has 1 aromatic rings. The Morgan fingerprint density at radius 1 is 1.42 bits per heavy atom. The van der Waals surface area contributed by atoms with Crippen LogP contribution in [-0.4, -0.2) is 38.0 Å². The second-order valence-corrected chi connectivity index (χ2v) is 8.01. The molecule has 24 heavy (non-hydrogen) atoms. The summed E-state index contributed by atoms with van der Waals surface area (Å²) in [4.78, 5) is 26.8. The fraction of sp³-hybridized carbons (Fsp3) is 0.556. The van der Waals surface area contributed by atoms with E-state index in [1.54, 1.807) is 4.90 Å². The van der Waals surface area contributed by atoms with Gasteiger partial charge in [0.1, 0.15) is 5.92 Å². The molecule has 0 bridgehead atoms. The number of rotatable bonds is 4. The topological polar surface area (TPSA) is 61.4 Å². The lowest BCUT2D eigenvalue weighted by atomic mass is 9.81. The third-order valence-corrected chi connectivity index (χ3v) is 5.64. The highest BCUT2D eigenvalue weighted by atomic mass is 79.9. The van der Waals surface area contributed by atoms with Gasteiger partial charge in [-0.2, -0.15) is 0 Å². The Morgan fingerprint density at radius 3 is 2.88 bits per heavy atom. The molecule has 2 aliphatic rings. The number of hydrogen-bond acceptors (Lipinski definition) is 3. The van der Waals surface area contributed by atoms with Gasteiger partial charge in [0.05, 0.1) is 0 Å². The van der Waals surface area contributed by atoms with Crippen LogP contribution in [0.15, 0.2) is 28.7 Å². The average Bonchev–Trinajstić information content (AvgIpc) is 2.95. The van der Waals surface area contributed by atoms with Gasteiger partial charge in [-0.05, 0) is 56.0 Å². The molecule has 0 spiro atoms. The van der Waals surface area contributed by atoms with Gasteiger partial charge in [-0.15, -0.1) is 0 Å². The summed E-state index contributed by atoms with van der Waals surface area (Å²) < 4.78 is 0.930. The minimum absolute atomic E-state index is 0.0962. The first-order valence-electron chi connectivity index (χ1n) is 8.54. The van der Waals surface area contributed by atoms with E-state index in [1.165, 1.54) is 0 Å². The number of carbonyl (C=O) groups is 2. The van der Waals surface area contributed by atoms with Crippen LogP contribution in [0.3, 0.4) is 0 Å². The van der Waals surface area contributed by atoms with E-state index in [2.05, 4.69) is 33.5 Å². The molecule has 1 aromatic carbocycles. The summed E-state index contributed by atoms with van der Waals surface area (Å²) in [6, 6.07) is 7.64. The number of piperidine rings is 1. The van der Waals surface area contributed by atoms with Crippen LogP contribution in [0.25, 0.3) is 0 Å². The van der Waals surface area contributed by atoms with Crippen molar-refractivity contribution in [1.82, 2.24) is 10.6 Å². The minimum atomic E-state index is -0.561. The van der Waals surface area contributed by atoms with Crippen molar-refractivity contribution >= 4 is 33.4 Å². The van der Waals surface area contributed by atoms with Gasteiger partial charge >= 0.3 is 0 Å². The van der Waals surface area contributed by atoms with Gasteiger partial charge in [0.2, 0.25) is 11.8 Å². The maximum atomic E-state index is 12.6. The SMILES string of the molecule is CC1(CNC(=O)C2CCN(c3cccc(Br)c3)C2=O)CCNCC1. The molecule has 0 aliphatic carbocycles. The Labute approximate surface area is 151 Å². The fourth-order valence-corrected chi connectivity index (χ4v) is 3.84. The van der Waals surface area contributed by atoms with E-state index in [4.69, 9.17) is 0 Å². The molecule has 2 fully saturated rings. The van der Waals surface area contributed by atoms with Crippen molar-refractivity contribution in [2.45, 2.75) is 26.2 Å². The molecule has 2 saturated heterocycles. The molecule has 2 heterocycles. The van der Waals surface area contributed by atoms with Gasteiger partial charge in [-0.25, -0.2) is 0 Å². The van der Waals surface area contributed by atoms with Crippen molar-refractivity contribution in [3.63, 3.8) is 0 Å². The molecule has 5 nitrogen and oxygen atoms in total. The number of carbonyl (C=O) groups excluding carboxylic acids is 2. The number of anilines is 1. The molecular formula is C18H24BrN3O2. The summed E-state index contributed by atoms with van der Waals surface area (Å²) in [5.74, 6) is -0.785. The molecule has 0 radical (unpaired) electrons. The summed E-state index contributed by atoms with van der Waals surface area (Å²) >= 11 is 3.43. The Hall–Kier alpha value is -1.40. The van der Waals surface area contributed by atoms with Gasteiger partial charge in [0.25, 0.3) is 0 Å². The summed E-state index contributed by atoms with van der Waals surface area (Å²) in [7, 11) is 0. The van der Waals surface area contributed by atoms with E-state index in [1.807, 2.05) is 24.3 Å². The normalized spacial score (nSPS) is 23.3. The molecule has 1 atom stereocenters. The van der Waals surface area contributed by atoms with Crippen LogP contribution in [0.4, 0.5) is 5.69 Å². The summed E-state index contributed by atoms with van der Waals surface area (Å²) in [6.07, 6.45) is 2.68. The number of benzene rings is 1. The average molecular weight is 394 g/mol. The van der Waals surface area contributed by atoms with E-state index < -0.39 is 5.92 Å². The molecule has 130 valence electrons. The standard InChI is InChI=1S/C18H24BrN3O2/c1-18(6-8-20-9-7-18)12-21-16(23)15-5-10-22(17(15)24)14-4-2-3-13(19)11-14/h2-4,11,15,20H,5-10,12H2,1H3,(H,21,23). The lowest BCUT2D eigenvalue weighted by Gasteiger charge is -2.34. The predicted molar refractivity (Wildman–Crippen MR) is 97.8 cm³/mol. The maximum absolute atomic E-state index is 12.6. The first kappa shape index (κ1) is 17.4. The van der Waals surface area contributed by atoms with Gasteiger partial charge in [-0.1, -0.05) is 28.9 Å². The molecule has 0 saturated carbocycles. The highest BCUT2D eigenvalue weighted by Gasteiger charge is 2.38. The zero-order valence-electron chi connectivity index (χ0n) is 14.0. The van der Waals surface area contributed by atoms with Gasteiger partial charge in [0.15, 0.2) is 0 Å². The quantitative estimate of drug-likeness (QED) is 0.771. The van der Waals surface area contributed by atoms with Gasteiger partial charge in [-0.3, -0.25) is 9.59 Å². The molecular weight excluding hydrogens is 370 g/mol. The Morgan fingerprint density at radius 2 is 2.17 bits per heavy atom. The molecule has 1 unspecified atom stereocenters. The third-order valence-electron chi connectivity index (χ3n) is 5.14. The minimum Gasteiger partial charge on any atom is -0.355 e. The Balaban J connectivity index is 1.59. The number of halogens is 1. The van der Waals surface area contributed by atoms with Crippen molar-refractivity contribution in [3.8, 4) is 0 Å². The van der Waals surface area contributed by atoms with Crippen LogP contribution in [0.2, 0.25) is 0 Å². The van der Waals surface area contributed by atoms with E-state index in [9.17, 15) is 9.59 Å². The number of nitrogens with zero attached hydrogens (tertiary/aromatic N) is 1. The van der Waals surface area contributed by atoms with Crippen molar-refractivity contribution < 1.29 is 9.59 Å². The number of amides is 2. The van der Waals surface area contributed by atoms with Crippen molar-refractivity contribution in [1.29, 1.82) is 0 Å². The van der Waals surface area contributed by atoms with Crippen LogP contribution >= 0.6 is 15.9 Å². The third kappa shape index (κ3) is 3.81. The monoisotopic (exact) mass is 393 g/mol. The molecule has 0 aromatic heterocycles. The first-order chi connectivity index (χ1) is 11.5. The molecule has 2 N–H and O–H groups in total. The van der Waals surface area contributed by atoms with Crippen LogP contribution in [-0.2, 0) is 9.59 Å². The summed E-state index contributed by atoms with van der Waals surface area (Å²) in [5.41, 5.74) is 0.974. The summed E-state index contributed by atoms with van der Waals surface area (Å²) in [5, 5.41) is 6.37. The van der Waals surface area contributed by atoms with E-state index in [0.717, 1.165) is 36.1 Å². The second-order valence-electron chi connectivity index (χ2n) is 7.09. The zero-order chi connectivity index (χ0) is 17.2. The van der Waals surface area contributed by atoms with Crippen LogP contribution < -0.4 is 15.5 Å². The largest absolute Gasteiger partial charge is 0.355 e. The molecule has 2 aliphatic heterocycles. The lowest BCUT2D eigenvalue weighted by Crippen LogP contribution is -2.45. The van der Waals surface area contributed by atoms with E-state index in [0.29, 0.717) is 19.5 Å². The van der Waals surface area contributed by atoms with Crippen LogP contribution in [0, 0.1) is 11.3 Å². The summed E-state index contributed by atoms with van der Waals surface area (Å²) in [6.45, 7) is 5.43. The number of hydrogen-bond donors (Lipinski definition) is 2. The van der Waals surface area contributed by atoms with Crippen LogP contribution in [0.1, 0.15) is 26.2 Å². The van der Waals surface area contributed by atoms with Crippen LogP contribution in [0.5, 0.6) is 0 Å². The van der Waals surface area contributed by atoms with Crippen molar-refractivity contribution in [2.24, 2.45) is 11.3 Å². The van der Waals surface area contributed by atoms with Gasteiger partial charge in [0, 0.05) is 23.2 Å². The lowest BCUT2D eigenvalue weighted by molar-refractivity contribution is -0.132. The highest BCUT2D eigenvalue weighted by molar-refractivity contribution is 9.10. The smallest absolute Gasteiger partial charge is 0.239 e. The molecule has 6 heteroatoms. The van der Waals surface area contributed by atoms with Crippen molar-refractivity contribution in [2.75, 3.05) is 31.1 Å². The highest BCUT2D eigenvalue weighted by Crippen LogP contribution is 2.29. The predicted octanol–water partition coefficient (Wildman–Crippen LogP) is 2.31. The fourth-order valence-electron chi connectivity index (χ4n) is 3.45. The van der Waals surface area contributed by atoms with Crippen molar-refractivity contribution in [3.05, 3.63) is 28.7 Å². The Bertz CT molecular complexity index is 628. The van der Waals surface area contributed by atoms with Gasteiger partial charge < -0.3 is 15.5 Å². The second kappa shape index (κ2) is 7.23. The number of nitrogens with one attached hydrogen (secondary N) is 2.